The van der Waals surface area contributed by atoms with Crippen LogP contribution in [0.2, 0.25) is 0 Å². The molecule has 1 aromatic rings. The molecule has 0 spiro atoms. The first-order chi connectivity index (χ1) is 11.8. The highest BCUT2D eigenvalue weighted by molar-refractivity contribution is 5.74. The minimum absolute atomic E-state index is 0.117. The van der Waals surface area contributed by atoms with Crippen molar-refractivity contribution in [2.75, 3.05) is 32.7 Å². The molecular formula is C20H31N3O. The number of nitrogens with one attached hydrogen (secondary N) is 1. The number of rotatable bonds is 5. The highest BCUT2D eigenvalue weighted by Crippen LogP contribution is 2.23. The van der Waals surface area contributed by atoms with Gasteiger partial charge in [0.2, 0.25) is 0 Å². The molecule has 0 bridgehead atoms. The summed E-state index contributed by atoms with van der Waals surface area (Å²) >= 11 is 0. The van der Waals surface area contributed by atoms with Crippen LogP contribution in [-0.4, -0.2) is 54.6 Å². The molecule has 1 saturated carbocycles. The molecule has 1 aliphatic heterocycles. The fourth-order valence-electron chi connectivity index (χ4n) is 3.98. The Hall–Kier alpha value is -1.55. The second kappa shape index (κ2) is 9.07. The molecule has 1 heterocycles. The van der Waals surface area contributed by atoms with E-state index in [-0.39, 0.29) is 6.03 Å². The van der Waals surface area contributed by atoms with Gasteiger partial charge in [0, 0.05) is 38.8 Å². The smallest absolute Gasteiger partial charge is 0.317 e. The number of benzene rings is 1. The van der Waals surface area contributed by atoms with E-state index in [0.717, 1.165) is 51.6 Å². The number of hydrogen-bond donors (Lipinski definition) is 1. The Morgan fingerprint density at radius 2 is 1.71 bits per heavy atom. The topological polar surface area (TPSA) is 35.6 Å². The van der Waals surface area contributed by atoms with Crippen molar-refractivity contribution in [3.8, 4) is 0 Å². The summed E-state index contributed by atoms with van der Waals surface area (Å²) in [5.74, 6) is 0. The van der Waals surface area contributed by atoms with E-state index in [1.807, 2.05) is 11.0 Å². The number of carbonyl (C=O) groups excluding carboxylic acids is 1. The number of nitrogens with zero attached hydrogens (tertiary/aromatic N) is 2. The maximum atomic E-state index is 12.3. The van der Waals surface area contributed by atoms with Gasteiger partial charge in [-0.3, -0.25) is 4.90 Å². The van der Waals surface area contributed by atoms with Crippen LogP contribution in [0.25, 0.3) is 0 Å². The third-order valence-corrected chi connectivity index (χ3v) is 5.45. The van der Waals surface area contributed by atoms with Gasteiger partial charge in [0.1, 0.15) is 0 Å². The lowest BCUT2D eigenvalue weighted by Gasteiger charge is -2.40. The molecule has 1 aromatic carbocycles. The lowest BCUT2D eigenvalue weighted by molar-refractivity contribution is 0.0906. The third kappa shape index (κ3) is 4.97. The van der Waals surface area contributed by atoms with Crippen LogP contribution < -0.4 is 5.32 Å². The van der Waals surface area contributed by atoms with Gasteiger partial charge in [-0.1, -0.05) is 49.6 Å². The van der Waals surface area contributed by atoms with Crippen LogP contribution >= 0.6 is 0 Å². The van der Waals surface area contributed by atoms with Crippen LogP contribution in [0.5, 0.6) is 0 Å². The first kappa shape index (κ1) is 17.3. The van der Waals surface area contributed by atoms with E-state index in [2.05, 4.69) is 34.5 Å². The van der Waals surface area contributed by atoms with Gasteiger partial charge in [-0.25, -0.2) is 4.79 Å². The molecule has 132 valence electrons. The molecule has 2 amide bonds. The summed E-state index contributed by atoms with van der Waals surface area (Å²) in [5.41, 5.74) is 1.34. The largest absolute Gasteiger partial charge is 0.338 e. The molecule has 2 fully saturated rings. The van der Waals surface area contributed by atoms with Gasteiger partial charge < -0.3 is 10.2 Å². The standard InChI is InChI=1S/C20H31N3O/c24-20(21-13-7-10-18-8-3-1-4-9-18)23-16-14-22(15-17-23)19-11-5-2-6-12-19/h1,3-4,8-9,19H,2,5-7,10-17H2,(H,21,24). The predicted octanol–water partition coefficient (Wildman–Crippen LogP) is 3.28. The van der Waals surface area contributed by atoms with Crippen LogP contribution in [0.1, 0.15) is 44.1 Å². The first-order valence-corrected chi connectivity index (χ1v) is 9.64. The average molecular weight is 329 g/mol. The lowest BCUT2D eigenvalue weighted by atomic mass is 9.94. The van der Waals surface area contributed by atoms with Crippen molar-refractivity contribution >= 4 is 6.03 Å². The second-order valence-corrected chi connectivity index (χ2v) is 7.14. The van der Waals surface area contributed by atoms with Gasteiger partial charge in [-0.05, 0) is 31.2 Å². The molecule has 1 saturated heterocycles. The zero-order valence-electron chi connectivity index (χ0n) is 14.8. The Balaban J connectivity index is 1.31. The quantitative estimate of drug-likeness (QED) is 0.842. The Kier molecular flexibility index (Phi) is 6.53. The van der Waals surface area contributed by atoms with E-state index in [0.29, 0.717) is 0 Å². The van der Waals surface area contributed by atoms with Gasteiger partial charge in [0.25, 0.3) is 0 Å². The van der Waals surface area contributed by atoms with Crippen molar-refractivity contribution in [3.63, 3.8) is 0 Å². The van der Waals surface area contributed by atoms with Crippen molar-refractivity contribution in [2.45, 2.75) is 51.0 Å². The predicted molar refractivity (Wildman–Crippen MR) is 98.2 cm³/mol. The second-order valence-electron chi connectivity index (χ2n) is 7.14. The average Bonchev–Trinajstić information content (AvgIpc) is 2.67. The number of piperazine rings is 1. The third-order valence-electron chi connectivity index (χ3n) is 5.45. The van der Waals surface area contributed by atoms with Crippen LogP contribution in [0.15, 0.2) is 30.3 Å². The number of carbonyl (C=O) groups is 1. The molecular weight excluding hydrogens is 298 g/mol. The van der Waals surface area contributed by atoms with Crippen molar-refractivity contribution in [1.82, 2.24) is 15.1 Å². The van der Waals surface area contributed by atoms with Crippen LogP contribution in [-0.2, 0) is 6.42 Å². The van der Waals surface area contributed by atoms with Crippen molar-refractivity contribution in [1.29, 1.82) is 0 Å². The monoisotopic (exact) mass is 329 g/mol. The molecule has 4 heteroatoms. The number of amides is 2. The zero-order valence-corrected chi connectivity index (χ0v) is 14.8. The minimum Gasteiger partial charge on any atom is -0.338 e. The molecule has 0 aromatic heterocycles. The minimum atomic E-state index is 0.117. The SMILES string of the molecule is O=C(NCCCc1ccccc1)N1CCN(C2CCCCC2)CC1. The maximum Gasteiger partial charge on any atom is 0.317 e. The summed E-state index contributed by atoms with van der Waals surface area (Å²) < 4.78 is 0. The molecule has 2 aliphatic rings. The molecule has 24 heavy (non-hydrogen) atoms. The fraction of sp³-hybridized carbons (Fsp3) is 0.650. The van der Waals surface area contributed by atoms with E-state index in [4.69, 9.17) is 0 Å². The number of aryl methyl sites for hydroxylation is 1. The Morgan fingerprint density at radius 1 is 1.00 bits per heavy atom. The Bertz CT molecular complexity index is 491. The summed E-state index contributed by atoms with van der Waals surface area (Å²) in [5, 5.41) is 3.09. The van der Waals surface area contributed by atoms with Crippen molar-refractivity contribution in [3.05, 3.63) is 35.9 Å². The van der Waals surface area contributed by atoms with Gasteiger partial charge in [-0.2, -0.15) is 0 Å². The first-order valence-electron chi connectivity index (χ1n) is 9.64. The highest BCUT2D eigenvalue weighted by atomic mass is 16.2. The normalized spacial score (nSPS) is 20.1. The molecule has 0 atom stereocenters. The summed E-state index contributed by atoms with van der Waals surface area (Å²) in [7, 11) is 0. The fourth-order valence-corrected chi connectivity index (χ4v) is 3.98. The zero-order chi connectivity index (χ0) is 16.6. The summed E-state index contributed by atoms with van der Waals surface area (Å²) in [4.78, 5) is 16.9. The van der Waals surface area contributed by atoms with E-state index in [1.54, 1.807) is 0 Å². The van der Waals surface area contributed by atoms with Crippen molar-refractivity contribution in [2.24, 2.45) is 0 Å². The van der Waals surface area contributed by atoms with Crippen LogP contribution in [0.3, 0.4) is 0 Å². The van der Waals surface area contributed by atoms with E-state index >= 15 is 0 Å². The van der Waals surface area contributed by atoms with Crippen LogP contribution in [0, 0.1) is 0 Å². The maximum absolute atomic E-state index is 12.3. The molecule has 0 unspecified atom stereocenters. The summed E-state index contributed by atoms with van der Waals surface area (Å²) in [6, 6.07) is 11.4. The molecule has 3 rings (SSSR count). The molecule has 1 N–H and O–H groups in total. The van der Waals surface area contributed by atoms with Gasteiger partial charge >= 0.3 is 6.03 Å². The molecule has 4 nitrogen and oxygen atoms in total. The summed E-state index contributed by atoms with van der Waals surface area (Å²) in [6.07, 6.45) is 8.90. The van der Waals surface area contributed by atoms with Gasteiger partial charge in [0.05, 0.1) is 0 Å². The van der Waals surface area contributed by atoms with Crippen LogP contribution in [0.4, 0.5) is 4.79 Å². The van der Waals surface area contributed by atoms with Crippen molar-refractivity contribution < 1.29 is 4.79 Å². The van der Waals surface area contributed by atoms with Gasteiger partial charge in [-0.15, -0.1) is 0 Å². The number of hydrogen-bond acceptors (Lipinski definition) is 2. The number of urea groups is 1. The lowest BCUT2D eigenvalue weighted by Crippen LogP contribution is -2.54. The molecule has 0 radical (unpaired) electrons. The van der Waals surface area contributed by atoms with E-state index in [1.165, 1.54) is 37.7 Å². The Labute approximate surface area is 146 Å². The Morgan fingerprint density at radius 3 is 2.42 bits per heavy atom. The van der Waals surface area contributed by atoms with E-state index < -0.39 is 0 Å². The highest BCUT2D eigenvalue weighted by Gasteiger charge is 2.26. The molecule has 1 aliphatic carbocycles. The van der Waals surface area contributed by atoms with Gasteiger partial charge in [0.15, 0.2) is 0 Å². The van der Waals surface area contributed by atoms with E-state index in [9.17, 15) is 4.79 Å². The summed E-state index contributed by atoms with van der Waals surface area (Å²) in [6.45, 7) is 4.60.